The van der Waals surface area contributed by atoms with E-state index in [1.807, 2.05) is 25.2 Å². The first kappa shape index (κ1) is 12.6. The molecule has 1 aliphatic heterocycles. The maximum atomic E-state index is 11.5. The van der Waals surface area contributed by atoms with Gasteiger partial charge in [0.15, 0.2) is 0 Å². The molecular formula is C14H17NO3. The fourth-order valence-electron chi connectivity index (χ4n) is 2.32. The number of likely N-dealkylation sites (N-methyl/N-ethyl adjacent to an activating group) is 1. The van der Waals surface area contributed by atoms with Crippen LogP contribution in [-0.4, -0.2) is 37.5 Å². The molecule has 1 aromatic carbocycles. The van der Waals surface area contributed by atoms with Gasteiger partial charge in [-0.15, -0.1) is 0 Å². The van der Waals surface area contributed by atoms with Gasteiger partial charge in [-0.1, -0.05) is 12.1 Å². The summed E-state index contributed by atoms with van der Waals surface area (Å²) in [6.45, 7) is 0.712. The van der Waals surface area contributed by atoms with Crippen LogP contribution in [-0.2, 0) is 9.53 Å². The molecule has 1 atom stereocenters. The van der Waals surface area contributed by atoms with Crippen molar-refractivity contribution in [3.63, 3.8) is 0 Å². The molecule has 0 saturated carbocycles. The summed E-state index contributed by atoms with van der Waals surface area (Å²) in [5.41, 5.74) is 1.66. The van der Waals surface area contributed by atoms with Crippen molar-refractivity contribution in [1.82, 2.24) is 4.90 Å². The fraction of sp³-hybridized carbons (Fsp3) is 0.429. The predicted octanol–water partition coefficient (Wildman–Crippen LogP) is 1.81. The van der Waals surface area contributed by atoms with Crippen molar-refractivity contribution in [1.29, 1.82) is 0 Å². The largest absolute Gasteiger partial charge is 0.465 e. The van der Waals surface area contributed by atoms with Crippen molar-refractivity contribution in [2.24, 2.45) is 0 Å². The van der Waals surface area contributed by atoms with Crippen LogP contribution in [0, 0.1) is 0 Å². The highest BCUT2D eigenvalue weighted by atomic mass is 16.5. The second kappa shape index (κ2) is 5.21. The lowest BCUT2D eigenvalue weighted by Crippen LogP contribution is -2.35. The molecule has 1 aromatic rings. The average molecular weight is 247 g/mol. The van der Waals surface area contributed by atoms with Crippen molar-refractivity contribution >= 4 is 11.9 Å². The van der Waals surface area contributed by atoms with E-state index >= 15 is 0 Å². The molecule has 1 amide bonds. The van der Waals surface area contributed by atoms with E-state index in [1.54, 1.807) is 11.0 Å². The highest BCUT2D eigenvalue weighted by Gasteiger charge is 2.24. The molecule has 1 heterocycles. The number of esters is 1. The number of piperidine rings is 1. The quantitative estimate of drug-likeness (QED) is 0.749. The summed E-state index contributed by atoms with van der Waals surface area (Å²) < 4.78 is 4.71. The van der Waals surface area contributed by atoms with E-state index in [-0.39, 0.29) is 11.9 Å². The Kier molecular flexibility index (Phi) is 3.65. The van der Waals surface area contributed by atoms with Crippen LogP contribution in [0.15, 0.2) is 24.3 Å². The number of methoxy groups -OCH3 is 1. The van der Waals surface area contributed by atoms with Crippen molar-refractivity contribution in [2.45, 2.75) is 18.8 Å². The molecule has 4 heteroatoms. The van der Waals surface area contributed by atoms with Crippen LogP contribution in [0.1, 0.15) is 34.7 Å². The second-order valence-electron chi connectivity index (χ2n) is 4.63. The summed E-state index contributed by atoms with van der Waals surface area (Å²) in [6, 6.07) is 7.46. The Balaban J connectivity index is 2.18. The van der Waals surface area contributed by atoms with Gasteiger partial charge in [0, 0.05) is 25.9 Å². The van der Waals surface area contributed by atoms with Crippen LogP contribution >= 0.6 is 0 Å². The lowest BCUT2D eigenvalue weighted by Gasteiger charge is -2.30. The SMILES string of the molecule is COC(=O)c1cccc(C2CCC(=O)N(C)C2)c1. The maximum Gasteiger partial charge on any atom is 0.337 e. The molecule has 1 aliphatic rings. The van der Waals surface area contributed by atoms with Crippen LogP contribution in [0.2, 0.25) is 0 Å². The Bertz CT molecular complexity index is 470. The smallest absolute Gasteiger partial charge is 0.337 e. The zero-order chi connectivity index (χ0) is 13.1. The van der Waals surface area contributed by atoms with E-state index in [0.29, 0.717) is 24.4 Å². The van der Waals surface area contributed by atoms with Crippen LogP contribution in [0.4, 0.5) is 0 Å². The van der Waals surface area contributed by atoms with Crippen molar-refractivity contribution in [2.75, 3.05) is 20.7 Å². The molecule has 1 saturated heterocycles. The van der Waals surface area contributed by atoms with Gasteiger partial charge >= 0.3 is 5.97 Å². The van der Waals surface area contributed by atoms with Gasteiger partial charge in [-0.3, -0.25) is 4.79 Å². The van der Waals surface area contributed by atoms with Crippen LogP contribution in [0.5, 0.6) is 0 Å². The van der Waals surface area contributed by atoms with E-state index < -0.39 is 0 Å². The van der Waals surface area contributed by atoms with Gasteiger partial charge in [-0.25, -0.2) is 4.79 Å². The van der Waals surface area contributed by atoms with Gasteiger partial charge in [-0.05, 0) is 24.1 Å². The standard InChI is InChI=1S/C14H17NO3/c1-15-9-12(6-7-13(15)16)10-4-3-5-11(8-10)14(17)18-2/h3-5,8,12H,6-7,9H2,1-2H3. The van der Waals surface area contributed by atoms with E-state index in [1.165, 1.54) is 7.11 Å². The number of amides is 1. The van der Waals surface area contributed by atoms with E-state index in [2.05, 4.69) is 0 Å². The summed E-state index contributed by atoms with van der Waals surface area (Å²) in [7, 11) is 3.20. The minimum atomic E-state index is -0.322. The fourth-order valence-corrected chi connectivity index (χ4v) is 2.32. The van der Waals surface area contributed by atoms with Crippen LogP contribution in [0.25, 0.3) is 0 Å². The van der Waals surface area contributed by atoms with E-state index in [4.69, 9.17) is 4.74 Å². The van der Waals surface area contributed by atoms with Gasteiger partial charge in [-0.2, -0.15) is 0 Å². The normalized spacial score (nSPS) is 19.8. The zero-order valence-corrected chi connectivity index (χ0v) is 10.7. The maximum absolute atomic E-state index is 11.5. The number of hydrogen-bond acceptors (Lipinski definition) is 3. The number of hydrogen-bond donors (Lipinski definition) is 0. The first-order valence-corrected chi connectivity index (χ1v) is 6.04. The highest BCUT2D eigenvalue weighted by Crippen LogP contribution is 2.27. The number of carbonyl (C=O) groups excluding carboxylic acids is 2. The molecule has 0 aromatic heterocycles. The molecule has 0 radical (unpaired) electrons. The molecule has 1 unspecified atom stereocenters. The third-order valence-electron chi connectivity index (χ3n) is 3.41. The van der Waals surface area contributed by atoms with Crippen molar-refractivity contribution in [3.8, 4) is 0 Å². The summed E-state index contributed by atoms with van der Waals surface area (Å²) in [6.07, 6.45) is 1.41. The Labute approximate surface area is 107 Å². The minimum Gasteiger partial charge on any atom is -0.465 e. The van der Waals surface area contributed by atoms with Gasteiger partial charge in [0.25, 0.3) is 0 Å². The van der Waals surface area contributed by atoms with Crippen molar-refractivity contribution < 1.29 is 14.3 Å². The number of carbonyl (C=O) groups is 2. The molecule has 4 nitrogen and oxygen atoms in total. The molecule has 0 bridgehead atoms. The molecule has 2 rings (SSSR count). The molecule has 0 spiro atoms. The molecule has 1 fully saturated rings. The van der Waals surface area contributed by atoms with Crippen LogP contribution < -0.4 is 0 Å². The molecule has 0 N–H and O–H groups in total. The number of benzene rings is 1. The van der Waals surface area contributed by atoms with Crippen molar-refractivity contribution in [3.05, 3.63) is 35.4 Å². The average Bonchev–Trinajstić information content (AvgIpc) is 2.41. The minimum absolute atomic E-state index is 0.190. The number of rotatable bonds is 2. The van der Waals surface area contributed by atoms with Crippen LogP contribution in [0.3, 0.4) is 0 Å². The lowest BCUT2D eigenvalue weighted by atomic mass is 9.89. The van der Waals surface area contributed by atoms with E-state index in [9.17, 15) is 9.59 Å². The molecule has 0 aliphatic carbocycles. The molecular weight excluding hydrogens is 230 g/mol. The number of likely N-dealkylation sites (tertiary alicyclic amines) is 1. The lowest BCUT2D eigenvalue weighted by molar-refractivity contribution is -0.132. The van der Waals surface area contributed by atoms with Gasteiger partial charge in [0.1, 0.15) is 0 Å². The summed E-state index contributed by atoms with van der Waals surface area (Å²) in [4.78, 5) is 24.7. The predicted molar refractivity (Wildman–Crippen MR) is 67.4 cm³/mol. The Hall–Kier alpha value is -1.84. The summed E-state index contributed by atoms with van der Waals surface area (Å²) in [5.74, 6) is 0.171. The number of nitrogens with zero attached hydrogens (tertiary/aromatic N) is 1. The monoisotopic (exact) mass is 247 g/mol. The Morgan fingerprint density at radius 3 is 2.89 bits per heavy atom. The van der Waals surface area contributed by atoms with Gasteiger partial charge in [0.05, 0.1) is 12.7 Å². The second-order valence-corrected chi connectivity index (χ2v) is 4.63. The van der Waals surface area contributed by atoms with Gasteiger partial charge in [0.2, 0.25) is 5.91 Å². The van der Waals surface area contributed by atoms with Gasteiger partial charge < -0.3 is 9.64 Å². The summed E-state index contributed by atoms with van der Waals surface area (Å²) in [5, 5.41) is 0. The molecule has 18 heavy (non-hydrogen) atoms. The Morgan fingerprint density at radius 1 is 1.44 bits per heavy atom. The summed E-state index contributed by atoms with van der Waals surface area (Å²) >= 11 is 0. The Morgan fingerprint density at radius 2 is 2.22 bits per heavy atom. The zero-order valence-electron chi connectivity index (χ0n) is 10.7. The van der Waals surface area contributed by atoms with E-state index in [0.717, 1.165) is 12.0 Å². The number of ether oxygens (including phenoxy) is 1. The first-order chi connectivity index (χ1) is 8.61. The third-order valence-corrected chi connectivity index (χ3v) is 3.41. The third kappa shape index (κ3) is 2.53. The first-order valence-electron chi connectivity index (χ1n) is 6.04. The molecule has 96 valence electrons. The topological polar surface area (TPSA) is 46.6 Å². The highest BCUT2D eigenvalue weighted by molar-refractivity contribution is 5.89.